The Labute approximate surface area is 109 Å². The summed E-state index contributed by atoms with van der Waals surface area (Å²) in [5.41, 5.74) is 6.10. The molecule has 1 aromatic heterocycles. The number of ether oxygens (including phenoxy) is 1. The summed E-state index contributed by atoms with van der Waals surface area (Å²) in [6.07, 6.45) is 0. The molecule has 19 heavy (non-hydrogen) atoms. The van der Waals surface area contributed by atoms with Crippen LogP contribution in [-0.2, 0) is 4.79 Å². The minimum absolute atomic E-state index is 0.134. The fraction of sp³-hybridized carbons (Fsp3) is 0.0769. The summed E-state index contributed by atoms with van der Waals surface area (Å²) < 4.78 is 18.1. The zero-order valence-corrected chi connectivity index (χ0v) is 9.97. The summed E-state index contributed by atoms with van der Waals surface area (Å²) in [4.78, 5) is 15.1. The number of carbonyl (C=O) groups excluding carboxylic acids is 1. The molecule has 0 radical (unpaired) electrons. The largest absolute Gasteiger partial charge is 0.482 e. The van der Waals surface area contributed by atoms with Crippen LogP contribution < -0.4 is 15.8 Å². The lowest BCUT2D eigenvalue weighted by Gasteiger charge is -2.08. The number of nitrogen functional groups attached to an aromatic ring is 1. The quantitative estimate of drug-likeness (QED) is 0.650. The molecule has 0 saturated heterocycles. The number of benzene rings is 1. The number of anilines is 2. The van der Waals surface area contributed by atoms with Gasteiger partial charge in [-0.2, -0.15) is 4.39 Å². The van der Waals surface area contributed by atoms with Crippen LogP contribution in [0.1, 0.15) is 0 Å². The second-order valence-corrected chi connectivity index (χ2v) is 3.72. The molecule has 0 bridgehead atoms. The van der Waals surface area contributed by atoms with Crippen LogP contribution in [0.3, 0.4) is 0 Å². The molecule has 5 nitrogen and oxygen atoms in total. The first kappa shape index (κ1) is 12.8. The van der Waals surface area contributed by atoms with E-state index in [4.69, 9.17) is 10.5 Å². The van der Waals surface area contributed by atoms with Crippen LogP contribution in [0.2, 0.25) is 0 Å². The summed E-state index contributed by atoms with van der Waals surface area (Å²) in [6, 6.07) is 11.0. The molecule has 0 atom stereocenters. The van der Waals surface area contributed by atoms with E-state index in [0.717, 1.165) is 0 Å². The zero-order valence-electron chi connectivity index (χ0n) is 9.97. The van der Waals surface area contributed by atoms with Crippen molar-refractivity contribution in [1.82, 2.24) is 4.98 Å². The minimum atomic E-state index is -0.661. The van der Waals surface area contributed by atoms with E-state index in [-0.39, 0.29) is 12.4 Å². The Kier molecular flexibility index (Phi) is 3.92. The standard InChI is InChI=1S/C13H12FN3O2/c14-11-6-3-7-12(16-11)17-13(18)8-19-10-5-2-1-4-9(10)15/h1-7H,8,15H2,(H,16,17,18). The first-order valence-corrected chi connectivity index (χ1v) is 5.55. The van der Waals surface area contributed by atoms with Crippen LogP contribution in [0, 0.1) is 5.95 Å². The van der Waals surface area contributed by atoms with Gasteiger partial charge in [-0.3, -0.25) is 4.79 Å². The molecular formula is C13H12FN3O2. The van der Waals surface area contributed by atoms with Crippen molar-refractivity contribution in [3.63, 3.8) is 0 Å². The Morgan fingerprint density at radius 2 is 2.05 bits per heavy atom. The van der Waals surface area contributed by atoms with Gasteiger partial charge in [-0.15, -0.1) is 0 Å². The van der Waals surface area contributed by atoms with Gasteiger partial charge in [-0.05, 0) is 24.3 Å². The van der Waals surface area contributed by atoms with E-state index in [2.05, 4.69) is 10.3 Å². The molecule has 1 amide bonds. The predicted molar refractivity (Wildman–Crippen MR) is 69.2 cm³/mol. The van der Waals surface area contributed by atoms with E-state index in [1.54, 1.807) is 24.3 Å². The van der Waals surface area contributed by atoms with Gasteiger partial charge in [0.2, 0.25) is 5.95 Å². The highest BCUT2D eigenvalue weighted by atomic mass is 19.1. The van der Waals surface area contributed by atoms with E-state index in [0.29, 0.717) is 11.4 Å². The summed E-state index contributed by atoms with van der Waals surface area (Å²) in [6.45, 7) is -0.230. The summed E-state index contributed by atoms with van der Waals surface area (Å²) >= 11 is 0. The van der Waals surface area contributed by atoms with Crippen LogP contribution in [0.15, 0.2) is 42.5 Å². The Balaban J connectivity index is 1.90. The van der Waals surface area contributed by atoms with Crippen LogP contribution in [0.25, 0.3) is 0 Å². The van der Waals surface area contributed by atoms with Gasteiger partial charge in [-0.1, -0.05) is 18.2 Å². The number of aromatic nitrogens is 1. The summed E-state index contributed by atoms with van der Waals surface area (Å²) in [7, 11) is 0. The number of para-hydroxylation sites is 2. The first-order valence-electron chi connectivity index (χ1n) is 5.55. The van der Waals surface area contributed by atoms with Gasteiger partial charge in [0, 0.05) is 0 Å². The molecule has 0 fully saturated rings. The molecule has 1 heterocycles. The van der Waals surface area contributed by atoms with Crippen LogP contribution in [0.4, 0.5) is 15.9 Å². The Hall–Kier alpha value is -2.63. The lowest BCUT2D eigenvalue weighted by molar-refractivity contribution is -0.118. The van der Waals surface area contributed by atoms with Crippen molar-refractivity contribution in [3.8, 4) is 5.75 Å². The second-order valence-electron chi connectivity index (χ2n) is 3.72. The maximum Gasteiger partial charge on any atom is 0.263 e. The number of nitrogens with zero attached hydrogens (tertiary/aromatic N) is 1. The number of pyridine rings is 1. The van der Waals surface area contributed by atoms with Crippen molar-refractivity contribution >= 4 is 17.4 Å². The van der Waals surface area contributed by atoms with E-state index in [9.17, 15) is 9.18 Å². The zero-order chi connectivity index (χ0) is 13.7. The lowest BCUT2D eigenvalue weighted by atomic mass is 10.3. The highest BCUT2D eigenvalue weighted by Gasteiger charge is 2.06. The van der Waals surface area contributed by atoms with Gasteiger partial charge < -0.3 is 15.8 Å². The lowest BCUT2D eigenvalue weighted by Crippen LogP contribution is -2.21. The van der Waals surface area contributed by atoms with Crippen LogP contribution in [0.5, 0.6) is 5.75 Å². The predicted octanol–water partition coefficient (Wildman–Crippen LogP) is 1.82. The number of nitrogens with two attached hydrogens (primary N) is 1. The highest BCUT2D eigenvalue weighted by molar-refractivity contribution is 5.91. The van der Waals surface area contributed by atoms with Gasteiger partial charge in [0.25, 0.3) is 5.91 Å². The summed E-state index contributed by atoms with van der Waals surface area (Å²) in [5.74, 6) is -0.549. The Morgan fingerprint density at radius 1 is 1.26 bits per heavy atom. The minimum Gasteiger partial charge on any atom is -0.482 e. The first-order chi connectivity index (χ1) is 9.15. The van der Waals surface area contributed by atoms with Crippen molar-refractivity contribution in [2.45, 2.75) is 0 Å². The number of halogens is 1. The van der Waals surface area contributed by atoms with Gasteiger partial charge in [0.15, 0.2) is 6.61 Å². The van der Waals surface area contributed by atoms with E-state index in [1.165, 1.54) is 18.2 Å². The van der Waals surface area contributed by atoms with Crippen molar-refractivity contribution < 1.29 is 13.9 Å². The van der Waals surface area contributed by atoms with E-state index in [1.807, 2.05) is 0 Å². The Bertz CT molecular complexity index is 590. The number of amides is 1. The van der Waals surface area contributed by atoms with E-state index >= 15 is 0 Å². The average Bonchev–Trinajstić information content (AvgIpc) is 2.38. The molecule has 98 valence electrons. The highest BCUT2D eigenvalue weighted by Crippen LogP contribution is 2.19. The van der Waals surface area contributed by atoms with E-state index < -0.39 is 11.9 Å². The molecule has 0 aliphatic heterocycles. The SMILES string of the molecule is Nc1ccccc1OCC(=O)Nc1cccc(F)n1. The molecule has 0 spiro atoms. The number of rotatable bonds is 4. The molecule has 3 N–H and O–H groups in total. The molecule has 0 unspecified atom stereocenters. The molecular weight excluding hydrogens is 249 g/mol. The molecule has 2 aromatic rings. The van der Waals surface area contributed by atoms with Gasteiger partial charge in [0.05, 0.1) is 5.69 Å². The van der Waals surface area contributed by atoms with Gasteiger partial charge in [0.1, 0.15) is 11.6 Å². The van der Waals surface area contributed by atoms with Crippen molar-refractivity contribution in [2.24, 2.45) is 0 Å². The fourth-order valence-electron chi connectivity index (χ4n) is 1.41. The topological polar surface area (TPSA) is 77.2 Å². The summed E-state index contributed by atoms with van der Waals surface area (Å²) in [5, 5.41) is 2.42. The molecule has 6 heteroatoms. The maximum absolute atomic E-state index is 12.8. The number of nitrogens with one attached hydrogen (secondary N) is 1. The van der Waals surface area contributed by atoms with Crippen LogP contribution in [-0.4, -0.2) is 17.5 Å². The normalized spacial score (nSPS) is 9.95. The molecule has 2 rings (SSSR count). The molecule has 0 aliphatic rings. The maximum atomic E-state index is 12.8. The third-order valence-corrected chi connectivity index (χ3v) is 2.26. The van der Waals surface area contributed by atoms with Crippen molar-refractivity contribution in [2.75, 3.05) is 17.7 Å². The van der Waals surface area contributed by atoms with Crippen LogP contribution >= 0.6 is 0 Å². The number of hydrogen-bond acceptors (Lipinski definition) is 4. The fourth-order valence-corrected chi connectivity index (χ4v) is 1.41. The smallest absolute Gasteiger partial charge is 0.263 e. The van der Waals surface area contributed by atoms with Gasteiger partial charge >= 0.3 is 0 Å². The number of hydrogen-bond donors (Lipinski definition) is 2. The second kappa shape index (κ2) is 5.81. The monoisotopic (exact) mass is 261 g/mol. The third kappa shape index (κ3) is 3.67. The average molecular weight is 261 g/mol. The number of carbonyl (C=O) groups is 1. The third-order valence-electron chi connectivity index (χ3n) is 2.26. The molecule has 1 aromatic carbocycles. The van der Waals surface area contributed by atoms with Crippen molar-refractivity contribution in [1.29, 1.82) is 0 Å². The molecule has 0 saturated carbocycles. The van der Waals surface area contributed by atoms with Crippen molar-refractivity contribution in [3.05, 3.63) is 48.4 Å². The van der Waals surface area contributed by atoms with Gasteiger partial charge in [-0.25, -0.2) is 4.98 Å². The molecule has 0 aliphatic carbocycles. The Morgan fingerprint density at radius 3 is 2.79 bits per heavy atom.